The minimum absolute atomic E-state index is 0.00883. The summed E-state index contributed by atoms with van der Waals surface area (Å²) in [5, 5.41) is 12.6. The van der Waals surface area contributed by atoms with Crippen molar-refractivity contribution in [3.63, 3.8) is 0 Å². The van der Waals surface area contributed by atoms with Gasteiger partial charge in [-0.2, -0.15) is 8.78 Å². The van der Waals surface area contributed by atoms with Crippen LogP contribution in [0.2, 0.25) is 0 Å². The van der Waals surface area contributed by atoms with E-state index in [4.69, 9.17) is 19.3 Å². The summed E-state index contributed by atoms with van der Waals surface area (Å²) >= 11 is 0. The van der Waals surface area contributed by atoms with Crippen molar-refractivity contribution in [3.05, 3.63) is 53.1 Å². The molecule has 0 aliphatic carbocycles. The van der Waals surface area contributed by atoms with Crippen LogP contribution in [0.5, 0.6) is 11.5 Å². The number of aryl methyl sites for hydroxylation is 1. The molecule has 10 heteroatoms. The van der Waals surface area contributed by atoms with Crippen molar-refractivity contribution in [2.45, 2.75) is 57.8 Å². The van der Waals surface area contributed by atoms with Gasteiger partial charge in [-0.25, -0.2) is 14.4 Å². The van der Waals surface area contributed by atoms with E-state index in [9.17, 15) is 13.2 Å². The van der Waals surface area contributed by atoms with Gasteiger partial charge in [0.15, 0.2) is 11.5 Å². The maximum atomic E-state index is 14.8. The monoisotopic (exact) mass is 505 g/mol. The molecule has 2 N–H and O–H groups in total. The average molecular weight is 506 g/mol. The van der Waals surface area contributed by atoms with Gasteiger partial charge in [-0.1, -0.05) is 12.1 Å². The third kappa shape index (κ3) is 5.19. The van der Waals surface area contributed by atoms with E-state index in [1.807, 2.05) is 13.8 Å². The van der Waals surface area contributed by atoms with Gasteiger partial charge >= 0.3 is 0 Å². The summed E-state index contributed by atoms with van der Waals surface area (Å²) in [4.78, 5) is 8.93. The molecular weight excluding hydrogens is 475 g/mol. The molecule has 0 radical (unpaired) electrons. The lowest BCUT2D eigenvalue weighted by Gasteiger charge is -2.32. The summed E-state index contributed by atoms with van der Waals surface area (Å²) in [5.74, 6) is -2.96. The first-order chi connectivity index (χ1) is 17.1. The van der Waals surface area contributed by atoms with Crippen LogP contribution in [0.3, 0.4) is 0 Å². The molecule has 2 heterocycles. The van der Waals surface area contributed by atoms with E-state index >= 15 is 0 Å². The molecule has 3 aromatic rings. The Labute approximate surface area is 207 Å². The highest BCUT2D eigenvalue weighted by Crippen LogP contribution is 2.38. The molecule has 1 atom stereocenters. The molecule has 0 spiro atoms. The molecule has 1 aliphatic heterocycles. The summed E-state index contributed by atoms with van der Waals surface area (Å²) < 4.78 is 60.5. The van der Waals surface area contributed by atoms with Crippen LogP contribution in [-0.2, 0) is 17.2 Å². The number of nitrogens with one attached hydrogen (secondary N) is 1. The molecule has 36 heavy (non-hydrogen) atoms. The standard InChI is InChI=1S/C26H30F3N3O4/c1-15-31-19-12-20(34-4)21(36-25(2,3)22-9-6-10-35-22)11-17(19)24(32-15)30-13-16-7-5-8-18(23(16)27)26(28,29)14-33/h5,7-8,11-12,22,33H,6,9-10,13-14H2,1-4H3,(H,30,31,32). The number of alkyl halides is 2. The van der Waals surface area contributed by atoms with Crippen LogP contribution in [0.4, 0.5) is 19.0 Å². The normalized spacial score (nSPS) is 16.4. The maximum absolute atomic E-state index is 14.8. The Morgan fingerprint density at radius 1 is 1.19 bits per heavy atom. The number of nitrogens with zero attached hydrogens (tertiary/aromatic N) is 2. The van der Waals surface area contributed by atoms with Crippen LogP contribution in [0.1, 0.15) is 43.6 Å². The molecule has 2 aromatic carbocycles. The number of aliphatic hydroxyl groups is 1. The Hall–Kier alpha value is -3.11. The Balaban J connectivity index is 1.68. The molecule has 1 saturated heterocycles. The zero-order valence-electron chi connectivity index (χ0n) is 20.7. The zero-order valence-corrected chi connectivity index (χ0v) is 20.7. The van der Waals surface area contributed by atoms with Crippen LogP contribution in [0.25, 0.3) is 10.9 Å². The minimum Gasteiger partial charge on any atom is -0.493 e. The fourth-order valence-corrected chi connectivity index (χ4v) is 4.36. The lowest BCUT2D eigenvalue weighted by Crippen LogP contribution is -2.41. The quantitative estimate of drug-likeness (QED) is 0.418. The van der Waals surface area contributed by atoms with E-state index < -0.39 is 29.5 Å². The molecule has 7 nitrogen and oxygen atoms in total. The number of aliphatic hydroxyl groups excluding tert-OH is 1. The highest BCUT2D eigenvalue weighted by molar-refractivity contribution is 5.91. The van der Waals surface area contributed by atoms with Gasteiger partial charge in [0.05, 0.1) is 24.3 Å². The van der Waals surface area contributed by atoms with Crippen LogP contribution in [0.15, 0.2) is 30.3 Å². The number of rotatable bonds is 9. The number of methoxy groups -OCH3 is 1. The molecule has 0 saturated carbocycles. The number of benzene rings is 2. The number of halogens is 3. The van der Waals surface area contributed by atoms with Gasteiger partial charge in [0.25, 0.3) is 5.92 Å². The Morgan fingerprint density at radius 3 is 2.64 bits per heavy atom. The zero-order chi connectivity index (χ0) is 26.1. The fourth-order valence-electron chi connectivity index (χ4n) is 4.36. The lowest BCUT2D eigenvalue weighted by atomic mass is 9.99. The molecule has 1 aromatic heterocycles. The second-order valence-electron chi connectivity index (χ2n) is 9.34. The van der Waals surface area contributed by atoms with Gasteiger partial charge in [0.1, 0.15) is 29.7 Å². The van der Waals surface area contributed by atoms with Gasteiger partial charge in [-0.3, -0.25) is 0 Å². The number of anilines is 1. The predicted molar refractivity (Wildman–Crippen MR) is 129 cm³/mol. The molecule has 1 aliphatic rings. The number of ether oxygens (including phenoxy) is 3. The smallest absolute Gasteiger partial charge is 0.298 e. The highest BCUT2D eigenvalue weighted by atomic mass is 19.3. The third-order valence-electron chi connectivity index (χ3n) is 6.29. The van der Waals surface area contributed by atoms with Crippen LogP contribution in [0, 0.1) is 12.7 Å². The largest absolute Gasteiger partial charge is 0.493 e. The SMILES string of the molecule is COc1cc2nc(C)nc(NCc3cccc(C(F)(F)CO)c3F)c2cc1OC(C)(C)C1CCCO1. The van der Waals surface area contributed by atoms with Crippen LogP contribution in [-0.4, -0.2) is 47.1 Å². The van der Waals surface area contributed by atoms with Gasteiger partial charge in [-0.15, -0.1) is 0 Å². The summed E-state index contributed by atoms with van der Waals surface area (Å²) in [6.45, 7) is 4.71. The third-order valence-corrected chi connectivity index (χ3v) is 6.29. The first-order valence-electron chi connectivity index (χ1n) is 11.7. The molecule has 1 fully saturated rings. The van der Waals surface area contributed by atoms with E-state index in [1.165, 1.54) is 19.2 Å². The Kier molecular flexibility index (Phi) is 7.28. The molecule has 194 valence electrons. The molecule has 0 bridgehead atoms. The van der Waals surface area contributed by atoms with Gasteiger partial charge < -0.3 is 24.6 Å². The average Bonchev–Trinajstić information content (AvgIpc) is 3.39. The van der Waals surface area contributed by atoms with E-state index in [0.29, 0.717) is 40.7 Å². The van der Waals surface area contributed by atoms with E-state index in [2.05, 4.69) is 15.3 Å². The molecule has 0 amide bonds. The van der Waals surface area contributed by atoms with Crippen molar-refractivity contribution in [2.24, 2.45) is 0 Å². The minimum atomic E-state index is -3.68. The predicted octanol–water partition coefficient (Wildman–Crippen LogP) is 5.12. The van der Waals surface area contributed by atoms with Crippen LogP contribution < -0.4 is 14.8 Å². The van der Waals surface area contributed by atoms with Crippen molar-refractivity contribution in [1.82, 2.24) is 9.97 Å². The Bertz CT molecular complexity index is 1250. The van der Waals surface area contributed by atoms with Gasteiger partial charge in [-0.05, 0) is 45.7 Å². The number of fused-ring (bicyclic) bond motifs is 1. The van der Waals surface area contributed by atoms with Crippen molar-refractivity contribution < 1.29 is 32.5 Å². The summed E-state index contributed by atoms with van der Waals surface area (Å²) in [6, 6.07) is 7.17. The number of aromatic nitrogens is 2. The van der Waals surface area contributed by atoms with Crippen molar-refractivity contribution in [3.8, 4) is 11.5 Å². The molecule has 4 rings (SSSR count). The topological polar surface area (TPSA) is 85.7 Å². The van der Waals surface area contributed by atoms with Crippen molar-refractivity contribution in [2.75, 3.05) is 25.6 Å². The van der Waals surface area contributed by atoms with E-state index in [-0.39, 0.29) is 18.2 Å². The molecule has 1 unspecified atom stereocenters. The fraction of sp³-hybridized carbons (Fsp3) is 0.462. The van der Waals surface area contributed by atoms with Crippen LogP contribution >= 0.6 is 0 Å². The van der Waals surface area contributed by atoms with Crippen molar-refractivity contribution >= 4 is 16.7 Å². The summed E-state index contributed by atoms with van der Waals surface area (Å²) in [6.07, 6.45) is 1.78. The first kappa shape index (κ1) is 26.0. The Morgan fingerprint density at radius 2 is 1.97 bits per heavy atom. The lowest BCUT2D eigenvalue weighted by molar-refractivity contribution is -0.0583. The second-order valence-corrected chi connectivity index (χ2v) is 9.34. The second kappa shape index (κ2) is 10.1. The molecular formula is C26H30F3N3O4. The van der Waals surface area contributed by atoms with E-state index in [1.54, 1.807) is 19.1 Å². The van der Waals surface area contributed by atoms with Crippen molar-refractivity contribution in [1.29, 1.82) is 0 Å². The van der Waals surface area contributed by atoms with E-state index in [0.717, 1.165) is 18.9 Å². The summed E-state index contributed by atoms with van der Waals surface area (Å²) in [7, 11) is 1.54. The van der Waals surface area contributed by atoms with Gasteiger partial charge in [0.2, 0.25) is 0 Å². The van der Waals surface area contributed by atoms with Gasteiger partial charge in [0, 0.05) is 30.2 Å². The maximum Gasteiger partial charge on any atom is 0.298 e. The number of hydrogen-bond donors (Lipinski definition) is 2. The summed E-state index contributed by atoms with van der Waals surface area (Å²) in [5.41, 5.74) is -0.900. The highest BCUT2D eigenvalue weighted by Gasteiger charge is 2.36. The number of hydrogen-bond acceptors (Lipinski definition) is 7. The first-order valence-corrected chi connectivity index (χ1v) is 11.7.